The van der Waals surface area contributed by atoms with Gasteiger partial charge in [-0.2, -0.15) is 0 Å². The first-order valence-electron chi connectivity index (χ1n) is 6.34. The van der Waals surface area contributed by atoms with E-state index in [1.165, 1.54) is 0 Å². The summed E-state index contributed by atoms with van der Waals surface area (Å²) in [6.07, 6.45) is 3.86. The normalized spacial score (nSPS) is 10.3. The van der Waals surface area contributed by atoms with Gasteiger partial charge in [-0.25, -0.2) is 0 Å². The highest BCUT2D eigenvalue weighted by Crippen LogP contribution is 2.16. The van der Waals surface area contributed by atoms with Gasteiger partial charge in [0.2, 0.25) is 0 Å². The van der Waals surface area contributed by atoms with Crippen molar-refractivity contribution in [3.05, 3.63) is 66.0 Å². The Balaban J connectivity index is 1.95. The highest BCUT2D eigenvalue weighted by Gasteiger charge is 2.11. The van der Waals surface area contributed by atoms with E-state index in [-0.39, 0.29) is 5.91 Å². The van der Waals surface area contributed by atoms with E-state index in [2.05, 4.69) is 15.3 Å². The van der Waals surface area contributed by atoms with E-state index in [0.717, 1.165) is 6.29 Å². The van der Waals surface area contributed by atoms with Gasteiger partial charge in [0.25, 0.3) is 5.91 Å². The summed E-state index contributed by atoms with van der Waals surface area (Å²) in [6, 6.07) is 12.0. The Morgan fingerprint density at radius 3 is 2.71 bits per heavy atom. The number of hydrogen-bond acceptors (Lipinski definition) is 4. The standard InChI is InChI=1S/C16H11N3O2/c20-10-11-3-1-4-12(9-11)19-16(21)13-5-2-6-14-15(13)18-8-7-17-14/h1-10H,(H,19,21). The van der Waals surface area contributed by atoms with Crippen LogP contribution in [0.25, 0.3) is 11.0 Å². The lowest BCUT2D eigenvalue weighted by Gasteiger charge is -2.07. The van der Waals surface area contributed by atoms with Gasteiger partial charge in [0.1, 0.15) is 11.8 Å². The van der Waals surface area contributed by atoms with Gasteiger partial charge in [-0.3, -0.25) is 19.6 Å². The molecule has 0 fully saturated rings. The minimum atomic E-state index is -0.288. The molecule has 102 valence electrons. The fourth-order valence-electron chi connectivity index (χ4n) is 2.06. The molecule has 2 aromatic carbocycles. The quantitative estimate of drug-likeness (QED) is 0.747. The maximum absolute atomic E-state index is 12.4. The lowest BCUT2D eigenvalue weighted by Crippen LogP contribution is -2.13. The fourth-order valence-corrected chi connectivity index (χ4v) is 2.06. The van der Waals surface area contributed by atoms with Gasteiger partial charge >= 0.3 is 0 Å². The number of amides is 1. The van der Waals surface area contributed by atoms with Crippen LogP contribution in [0, 0.1) is 0 Å². The molecule has 3 aromatic rings. The molecule has 0 saturated carbocycles. The van der Waals surface area contributed by atoms with Crippen LogP contribution in [0.15, 0.2) is 54.9 Å². The summed E-state index contributed by atoms with van der Waals surface area (Å²) in [4.78, 5) is 31.5. The van der Waals surface area contributed by atoms with Crippen LogP contribution in [-0.2, 0) is 0 Å². The maximum Gasteiger partial charge on any atom is 0.257 e. The summed E-state index contributed by atoms with van der Waals surface area (Å²) in [5.41, 5.74) is 2.71. The number of aldehydes is 1. The molecule has 1 N–H and O–H groups in total. The highest BCUT2D eigenvalue weighted by atomic mass is 16.1. The van der Waals surface area contributed by atoms with Crippen molar-refractivity contribution in [3.8, 4) is 0 Å². The number of aromatic nitrogens is 2. The first kappa shape index (κ1) is 12.9. The number of carbonyl (C=O) groups is 2. The smallest absolute Gasteiger partial charge is 0.257 e. The average molecular weight is 277 g/mol. The van der Waals surface area contributed by atoms with Crippen LogP contribution in [-0.4, -0.2) is 22.2 Å². The Labute approximate surface area is 120 Å². The predicted octanol–water partition coefficient (Wildman–Crippen LogP) is 2.69. The van der Waals surface area contributed by atoms with E-state index >= 15 is 0 Å². The van der Waals surface area contributed by atoms with Crippen molar-refractivity contribution in [2.45, 2.75) is 0 Å². The van der Waals surface area contributed by atoms with Crippen molar-refractivity contribution >= 4 is 28.9 Å². The third kappa shape index (κ3) is 2.62. The summed E-state index contributed by atoms with van der Waals surface area (Å²) in [5, 5.41) is 2.76. The summed E-state index contributed by atoms with van der Waals surface area (Å²) in [7, 11) is 0. The van der Waals surface area contributed by atoms with E-state index in [1.807, 2.05) is 0 Å². The molecule has 0 aliphatic rings. The summed E-state index contributed by atoms with van der Waals surface area (Å²) >= 11 is 0. The van der Waals surface area contributed by atoms with Crippen molar-refractivity contribution < 1.29 is 9.59 Å². The molecule has 1 aromatic heterocycles. The molecule has 0 saturated heterocycles. The number of fused-ring (bicyclic) bond motifs is 1. The van der Waals surface area contributed by atoms with Gasteiger partial charge in [-0.1, -0.05) is 18.2 Å². The molecule has 3 rings (SSSR count). The molecule has 21 heavy (non-hydrogen) atoms. The molecule has 5 heteroatoms. The largest absolute Gasteiger partial charge is 0.322 e. The van der Waals surface area contributed by atoms with Crippen molar-refractivity contribution in [1.29, 1.82) is 0 Å². The van der Waals surface area contributed by atoms with Crippen molar-refractivity contribution in [1.82, 2.24) is 9.97 Å². The minimum absolute atomic E-state index is 0.288. The fraction of sp³-hybridized carbons (Fsp3) is 0. The Bertz CT molecular complexity index is 825. The summed E-state index contributed by atoms with van der Waals surface area (Å²) in [5.74, 6) is -0.288. The number of carbonyl (C=O) groups excluding carboxylic acids is 2. The monoisotopic (exact) mass is 277 g/mol. The van der Waals surface area contributed by atoms with Crippen molar-refractivity contribution in [2.75, 3.05) is 5.32 Å². The topological polar surface area (TPSA) is 72.0 Å². The summed E-state index contributed by atoms with van der Waals surface area (Å²) < 4.78 is 0. The van der Waals surface area contributed by atoms with Crippen LogP contribution in [0.3, 0.4) is 0 Å². The molecule has 1 heterocycles. The zero-order chi connectivity index (χ0) is 14.7. The van der Waals surface area contributed by atoms with Gasteiger partial charge in [0.15, 0.2) is 0 Å². The Hall–Kier alpha value is -3.08. The molecular formula is C16H11N3O2. The molecule has 0 aliphatic heterocycles. The SMILES string of the molecule is O=Cc1cccc(NC(=O)c2cccc3nccnc23)c1. The maximum atomic E-state index is 12.4. The number of benzene rings is 2. The molecule has 0 unspecified atom stereocenters. The first-order valence-corrected chi connectivity index (χ1v) is 6.34. The number of nitrogens with zero attached hydrogens (tertiary/aromatic N) is 2. The predicted molar refractivity (Wildman–Crippen MR) is 79.3 cm³/mol. The van der Waals surface area contributed by atoms with E-state index in [1.54, 1.807) is 54.9 Å². The zero-order valence-electron chi connectivity index (χ0n) is 11.0. The van der Waals surface area contributed by atoms with Gasteiger partial charge < -0.3 is 5.32 Å². The molecule has 1 amide bonds. The van der Waals surface area contributed by atoms with Gasteiger partial charge in [-0.05, 0) is 24.3 Å². The minimum Gasteiger partial charge on any atom is -0.322 e. The highest BCUT2D eigenvalue weighted by molar-refractivity contribution is 6.11. The van der Waals surface area contributed by atoms with Crippen LogP contribution < -0.4 is 5.32 Å². The molecule has 0 radical (unpaired) electrons. The molecule has 0 atom stereocenters. The lowest BCUT2D eigenvalue weighted by molar-refractivity contribution is 0.102. The van der Waals surface area contributed by atoms with Crippen LogP contribution >= 0.6 is 0 Å². The van der Waals surface area contributed by atoms with Crippen molar-refractivity contribution in [2.24, 2.45) is 0 Å². The van der Waals surface area contributed by atoms with Gasteiger partial charge in [0, 0.05) is 23.6 Å². The average Bonchev–Trinajstić information content (AvgIpc) is 2.54. The molecule has 0 spiro atoms. The third-order valence-corrected chi connectivity index (χ3v) is 3.02. The van der Waals surface area contributed by atoms with Gasteiger partial charge in [0.05, 0.1) is 11.1 Å². The van der Waals surface area contributed by atoms with E-state index in [4.69, 9.17) is 0 Å². The second-order valence-corrected chi connectivity index (χ2v) is 4.43. The number of rotatable bonds is 3. The zero-order valence-corrected chi connectivity index (χ0v) is 11.0. The number of para-hydroxylation sites is 1. The first-order chi connectivity index (χ1) is 10.3. The number of nitrogens with one attached hydrogen (secondary N) is 1. The lowest BCUT2D eigenvalue weighted by atomic mass is 10.1. The Kier molecular flexibility index (Phi) is 3.39. The van der Waals surface area contributed by atoms with Crippen LogP contribution in [0.2, 0.25) is 0 Å². The Morgan fingerprint density at radius 1 is 1.05 bits per heavy atom. The second kappa shape index (κ2) is 5.50. The van der Waals surface area contributed by atoms with Crippen LogP contribution in [0.4, 0.5) is 5.69 Å². The van der Waals surface area contributed by atoms with Crippen molar-refractivity contribution in [3.63, 3.8) is 0 Å². The molecule has 0 aliphatic carbocycles. The number of anilines is 1. The third-order valence-electron chi connectivity index (χ3n) is 3.02. The molecular weight excluding hydrogens is 266 g/mol. The molecule has 5 nitrogen and oxygen atoms in total. The van der Waals surface area contributed by atoms with E-state index in [9.17, 15) is 9.59 Å². The molecule has 0 bridgehead atoms. The summed E-state index contributed by atoms with van der Waals surface area (Å²) in [6.45, 7) is 0. The Morgan fingerprint density at radius 2 is 1.86 bits per heavy atom. The van der Waals surface area contributed by atoms with Crippen LogP contribution in [0.5, 0.6) is 0 Å². The van der Waals surface area contributed by atoms with Gasteiger partial charge in [-0.15, -0.1) is 0 Å². The second-order valence-electron chi connectivity index (χ2n) is 4.43. The van der Waals surface area contributed by atoms with E-state index < -0.39 is 0 Å². The van der Waals surface area contributed by atoms with E-state index in [0.29, 0.717) is 27.8 Å². The number of hydrogen-bond donors (Lipinski definition) is 1. The van der Waals surface area contributed by atoms with Crippen LogP contribution in [0.1, 0.15) is 20.7 Å².